The van der Waals surface area contributed by atoms with Crippen molar-refractivity contribution in [1.82, 2.24) is 0 Å². The van der Waals surface area contributed by atoms with Gasteiger partial charge in [-0.3, -0.25) is 0 Å². The summed E-state index contributed by atoms with van der Waals surface area (Å²) in [6.07, 6.45) is 2.81. The maximum Gasteiger partial charge on any atom is 0.0410 e. The Bertz CT molecular complexity index is 386. The van der Waals surface area contributed by atoms with E-state index in [2.05, 4.69) is 68.8 Å². The first-order chi connectivity index (χ1) is 8.11. The first-order valence-electron chi connectivity index (χ1n) is 6.23. The highest BCUT2D eigenvalue weighted by atomic mass is 79.9. The predicted molar refractivity (Wildman–Crippen MR) is 82.0 cm³/mol. The highest BCUT2D eigenvalue weighted by Gasteiger charge is 2.26. The van der Waals surface area contributed by atoms with E-state index in [1.165, 1.54) is 30.6 Å². The van der Waals surface area contributed by atoms with Crippen LogP contribution < -0.4 is 4.90 Å². The summed E-state index contributed by atoms with van der Waals surface area (Å²) in [7, 11) is 0. The fourth-order valence-corrected chi connectivity index (χ4v) is 2.96. The van der Waals surface area contributed by atoms with Crippen molar-refractivity contribution in [2.45, 2.75) is 38.1 Å². The van der Waals surface area contributed by atoms with E-state index in [1.54, 1.807) is 0 Å². The van der Waals surface area contributed by atoms with Gasteiger partial charge in [-0.1, -0.05) is 31.9 Å². The summed E-state index contributed by atoms with van der Waals surface area (Å²) >= 11 is 7.14. The van der Waals surface area contributed by atoms with Crippen LogP contribution in [0.4, 0.5) is 5.69 Å². The van der Waals surface area contributed by atoms with Gasteiger partial charge in [0, 0.05) is 28.1 Å². The van der Waals surface area contributed by atoms with Crippen LogP contribution >= 0.6 is 31.9 Å². The zero-order valence-corrected chi connectivity index (χ0v) is 13.6. The molecule has 0 saturated heterocycles. The van der Waals surface area contributed by atoms with Crippen molar-refractivity contribution in [3.05, 3.63) is 28.2 Å². The van der Waals surface area contributed by atoms with Crippen molar-refractivity contribution in [3.8, 4) is 0 Å². The minimum Gasteiger partial charge on any atom is -0.369 e. The van der Waals surface area contributed by atoms with Crippen LogP contribution in [-0.2, 0) is 5.33 Å². The van der Waals surface area contributed by atoms with Crippen LogP contribution in [0.1, 0.15) is 32.3 Å². The van der Waals surface area contributed by atoms with Gasteiger partial charge in [-0.25, -0.2) is 0 Å². The number of halogens is 2. The molecule has 0 N–H and O–H groups in total. The van der Waals surface area contributed by atoms with Gasteiger partial charge in [-0.05, 0) is 56.4 Å². The Hall–Kier alpha value is -0.0200. The quantitative estimate of drug-likeness (QED) is 0.670. The van der Waals surface area contributed by atoms with Crippen LogP contribution in [0.5, 0.6) is 0 Å². The van der Waals surface area contributed by atoms with Gasteiger partial charge < -0.3 is 4.90 Å². The molecule has 17 heavy (non-hydrogen) atoms. The topological polar surface area (TPSA) is 3.24 Å². The number of hydrogen-bond donors (Lipinski definition) is 0. The van der Waals surface area contributed by atoms with E-state index in [4.69, 9.17) is 0 Å². The monoisotopic (exact) mass is 359 g/mol. The van der Waals surface area contributed by atoms with Gasteiger partial charge in [0.25, 0.3) is 0 Å². The summed E-state index contributed by atoms with van der Waals surface area (Å²) in [6, 6.07) is 7.16. The van der Waals surface area contributed by atoms with Gasteiger partial charge in [0.15, 0.2) is 0 Å². The van der Waals surface area contributed by atoms with Crippen LogP contribution in [0.3, 0.4) is 0 Å². The molecule has 94 valence electrons. The van der Waals surface area contributed by atoms with Crippen molar-refractivity contribution in [3.63, 3.8) is 0 Å². The molecule has 0 aliphatic heterocycles. The fraction of sp³-hybridized carbons (Fsp3) is 0.571. The second-order valence-electron chi connectivity index (χ2n) is 5.10. The normalized spacial score (nSPS) is 15.4. The Morgan fingerprint density at radius 3 is 2.59 bits per heavy atom. The molecule has 0 heterocycles. The van der Waals surface area contributed by atoms with E-state index in [0.717, 1.165) is 15.7 Å². The minimum absolute atomic E-state index is 0.564. The van der Waals surface area contributed by atoms with Crippen LogP contribution in [-0.4, -0.2) is 12.6 Å². The van der Waals surface area contributed by atoms with E-state index >= 15 is 0 Å². The van der Waals surface area contributed by atoms with Gasteiger partial charge in [-0.2, -0.15) is 0 Å². The smallest absolute Gasteiger partial charge is 0.0410 e. The molecule has 1 aliphatic rings. The lowest BCUT2D eigenvalue weighted by Gasteiger charge is -2.31. The minimum atomic E-state index is 0.564. The third-order valence-corrected chi connectivity index (χ3v) is 4.37. The van der Waals surface area contributed by atoms with Gasteiger partial charge in [-0.15, -0.1) is 0 Å². The Morgan fingerprint density at radius 1 is 1.35 bits per heavy atom. The second-order valence-corrected chi connectivity index (χ2v) is 6.57. The first-order valence-corrected chi connectivity index (χ1v) is 8.14. The van der Waals surface area contributed by atoms with Crippen LogP contribution in [0.15, 0.2) is 22.7 Å². The molecule has 1 nitrogen and oxygen atoms in total. The molecule has 0 atom stereocenters. The van der Waals surface area contributed by atoms with Gasteiger partial charge in [0.05, 0.1) is 0 Å². The molecule has 0 radical (unpaired) electrons. The SMILES string of the molecule is CC(C)N(CC1CC1)c1ccc(Br)cc1CBr. The lowest BCUT2D eigenvalue weighted by molar-refractivity contribution is 0.643. The van der Waals surface area contributed by atoms with E-state index < -0.39 is 0 Å². The summed E-state index contributed by atoms with van der Waals surface area (Å²) in [5.74, 6) is 0.921. The van der Waals surface area contributed by atoms with Gasteiger partial charge in [0.2, 0.25) is 0 Å². The second kappa shape index (κ2) is 5.75. The number of nitrogens with zero attached hydrogens (tertiary/aromatic N) is 1. The molecule has 1 aromatic carbocycles. The molecule has 1 aromatic rings. The molecule has 0 spiro atoms. The third kappa shape index (κ3) is 3.47. The highest BCUT2D eigenvalue weighted by Crippen LogP contribution is 2.34. The summed E-state index contributed by atoms with van der Waals surface area (Å²) in [6.45, 7) is 5.77. The number of rotatable bonds is 5. The summed E-state index contributed by atoms with van der Waals surface area (Å²) in [4.78, 5) is 2.54. The first kappa shape index (κ1) is 13.4. The summed E-state index contributed by atoms with van der Waals surface area (Å²) < 4.78 is 1.16. The molecule has 3 heteroatoms. The van der Waals surface area contributed by atoms with Crippen molar-refractivity contribution < 1.29 is 0 Å². The van der Waals surface area contributed by atoms with E-state index in [1.807, 2.05) is 0 Å². The average Bonchev–Trinajstić information content (AvgIpc) is 3.09. The largest absolute Gasteiger partial charge is 0.369 e. The molecule has 1 aliphatic carbocycles. The van der Waals surface area contributed by atoms with Crippen LogP contribution in [0.2, 0.25) is 0 Å². The zero-order chi connectivity index (χ0) is 12.4. The van der Waals surface area contributed by atoms with Crippen molar-refractivity contribution in [1.29, 1.82) is 0 Å². The van der Waals surface area contributed by atoms with E-state index in [0.29, 0.717) is 6.04 Å². The molecule has 1 fully saturated rings. The fourth-order valence-electron chi connectivity index (χ4n) is 2.11. The average molecular weight is 361 g/mol. The maximum atomic E-state index is 3.59. The molecular formula is C14H19Br2N. The van der Waals surface area contributed by atoms with Crippen LogP contribution in [0.25, 0.3) is 0 Å². The summed E-state index contributed by atoms with van der Waals surface area (Å²) in [5.41, 5.74) is 2.75. The Kier molecular flexibility index (Phi) is 4.53. The van der Waals surface area contributed by atoms with Crippen LogP contribution in [0, 0.1) is 5.92 Å². The Balaban J connectivity index is 2.26. The van der Waals surface area contributed by atoms with Gasteiger partial charge >= 0.3 is 0 Å². The predicted octanol–water partition coefficient (Wildman–Crippen LogP) is 4.97. The number of hydrogen-bond acceptors (Lipinski definition) is 1. The lowest BCUT2D eigenvalue weighted by Crippen LogP contribution is -2.33. The highest BCUT2D eigenvalue weighted by molar-refractivity contribution is 9.10. The van der Waals surface area contributed by atoms with Gasteiger partial charge in [0.1, 0.15) is 0 Å². The summed E-state index contributed by atoms with van der Waals surface area (Å²) in [5, 5.41) is 0.912. The molecule has 0 amide bonds. The van der Waals surface area contributed by atoms with Crippen molar-refractivity contribution in [2.75, 3.05) is 11.4 Å². The molecule has 0 aromatic heterocycles. The lowest BCUT2D eigenvalue weighted by atomic mass is 10.1. The molecule has 0 unspecified atom stereocenters. The zero-order valence-electron chi connectivity index (χ0n) is 10.4. The molecule has 0 bridgehead atoms. The Labute approximate surface area is 121 Å². The number of alkyl halides is 1. The Morgan fingerprint density at radius 2 is 2.06 bits per heavy atom. The number of anilines is 1. The van der Waals surface area contributed by atoms with E-state index in [9.17, 15) is 0 Å². The van der Waals surface area contributed by atoms with Crippen molar-refractivity contribution >= 4 is 37.5 Å². The number of benzene rings is 1. The standard InChI is InChI=1S/C14H19Br2N/c1-10(2)17(9-11-3-4-11)14-6-5-13(16)7-12(14)8-15/h5-7,10-11H,3-4,8-9H2,1-2H3. The van der Waals surface area contributed by atoms with E-state index in [-0.39, 0.29) is 0 Å². The molecule has 2 rings (SSSR count). The van der Waals surface area contributed by atoms with Crippen molar-refractivity contribution in [2.24, 2.45) is 5.92 Å². The molecule has 1 saturated carbocycles. The maximum absolute atomic E-state index is 3.59. The third-order valence-electron chi connectivity index (χ3n) is 3.27. The molecular weight excluding hydrogens is 342 g/mol.